The van der Waals surface area contributed by atoms with Crippen molar-refractivity contribution in [2.45, 2.75) is 20.1 Å². The van der Waals surface area contributed by atoms with E-state index >= 15 is 0 Å². The van der Waals surface area contributed by atoms with Gasteiger partial charge in [0.25, 0.3) is 11.8 Å². The molecule has 0 spiro atoms. The maximum atomic E-state index is 13.4. The lowest BCUT2D eigenvalue weighted by atomic mass is 10.1. The Morgan fingerprint density at radius 1 is 0.786 bits per heavy atom. The van der Waals surface area contributed by atoms with Crippen molar-refractivity contribution in [2.75, 3.05) is 11.5 Å². The summed E-state index contributed by atoms with van der Waals surface area (Å²) < 4.78 is 18.2. The SMILES string of the molecule is CCOc1cc(/C=C2\C(=O)NC(=O)N(c3ccc(OCc4ccccc4)cc3)C2=O)cc(Br)c1OCc1ccccc1. The first-order valence-electron chi connectivity index (χ1n) is 13.2. The summed E-state index contributed by atoms with van der Waals surface area (Å²) in [5.74, 6) is -0.0315. The average Bonchev–Trinajstić information content (AvgIpc) is 2.99. The van der Waals surface area contributed by atoms with Gasteiger partial charge in [-0.25, -0.2) is 9.69 Å². The Balaban J connectivity index is 1.36. The van der Waals surface area contributed by atoms with E-state index in [0.29, 0.717) is 52.8 Å². The van der Waals surface area contributed by atoms with Gasteiger partial charge in [-0.2, -0.15) is 0 Å². The third-order valence-corrected chi connectivity index (χ3v) is 6.90. The van der Waals surface area contributed by atoms with Crippen molar-refractivity contribution in [1.82, 2.24) is 5.32 Å². The van der Waals surface area contributed by atoms with Crippen molar-refractivity contribution in [1.29, 1.82) is 0 Å². The van der Waals surface area contributed by atoms with Crippen LogP contribution in [0.4, 0.5) is 10.5 Å². The number of anilines is 1. The summed E-state index contributed by atoms with van der Waals surface area (Å²) in [5, 5.41) is 2.25. The molecule has 0 saturated carbocycles. The van der Waals surface area contributed by atoms with Crippen molar-refractivity contribution in [3.8, 4) is 17.2 Å². The predicted molar refractivity (Wildman–Crippen MR) is 162 cm³/mol. The Morgan fingerprint density at radius 3 is 2.02 bits per heavy atom. The normalized spacial score (nSPS) is 14.1. The summed E-state index contributed by atoms with van der Waals surface area (Å²) in [5.41, 5.74) is 2.60. The molecule has 8 nitrogen and oxygen atoms in total. The van der Waals surface area contributed by atoms with Crippen LogP contribution in [0.3, 0.4) is 0 Å². The van der Waals surface area contributed by atoms with E-state index in [9.17, 15) is 14.4 Å². The zero-order valence-electron chi connectivity index (χ0n) is 22.7. The summed E-state index contributed by atoms with van der Waals surface area (Å²) in [6.45, 7) is 2.93. The molecule has 5 rings (SSSR count). The van der Waals surface area contributed by atoms with Crippen LogP contribution >= 0.6 is 15.9 Å². The van der Waals surface area contributed by atoms with Crippen LogP contribution in [0.15, 0.2) is 107 Å². The predicted octanol–water partition coefficient (Wildman–Crippen LogP) is 6.67. The highest BCUT2D eigenvalue weighted by molar-refractivity contribution is 9.10. The first-order valence-corrected chi connectivity index (χ1v) is 14.0. The van der Waals surface area contributed by atoms with Crippen molar-refractivity contribution < 1.29 is 28.6 Å². The first-order chi connectivity index (χ1) is 20.4. The number of carbonyl (C=O) groups excluding carboxylic acids is 3. The zero-order chi connectivity index (χ0) is 29.5. The molecular weight excluding hydrogens is 600 g/mol. The standard InChI is InChI=1S/C33H27BrN2O6/c1-2-40-29-19-24(18-28(34)30(29)42-21-23-11-7-4-8-12-23)17-27-31(37)35-33(39)36(32(27)38)25-13-15-26(16-14-25)41-20-22-9-5-3-6-10-22/h3-19H,2,20-21H2,1H3,(H,35,37,39)/b27-17+. The van der Waals surface area contributed by atoms with Crippen molar-refractivity contribution in [3.05, 3.63) is 124 Å². The van der Waals surface area contributed by atoms with Gasteiger partial charge in [-0.3, -0.25) is 14.9 Å². The van der Waals surface area contributed by atoms with Crippen LogP contribution in [-0.2, 0) is 22.8 Å². The van der Waals surface area contributed by atoms with Gasteiger partial charge in [0.05, 0.1) is 16.8 Å². The van der Waals surface area contributed by atoms with Crippen LogP contribution in [0.25, 0.3) is 6.08 Å². The van der Waals surface area contributed by atoms with E-state index in [4.69, 9.17) is 14.2 Å². The summed E-state index contributed by atoms with van der Waals surface area (Å²) in [7, 11) is 0. The number of ether oxygens (including phenoxy) is 3. The molecule has 4 amide bonds. The summed E-state index contributed by atoms with van der Waals surface area (Å²) in [4.78, 5) is 39.8. The van der Waals surface area contributed by atoms with Gasteiger partial charge in [0.2, 0.25) is 0 Å². The third-order valence-electron chi connectivity index (χ3n) is 6.31. The van der Waals surface area contributed by atoms with Crippen molar-refractivity contribution >= 4 is 45.5 Å². The summed E-state index contributed by atoms with van der Waals surface area (Å²) >= 11 is 3.53. The van der Waals surface area contributed by atoms with Gasteiger partial charge >= 0.3 is 6.03 Å². The molecule has 1 N–H and O–H groups in total. The Hall–Kier alpha value is -4.89. The van der Waals surface area contributed by atoms with Crippen LogP contribution in [-0.4, -0.2) is 24.5 Å². The number of hydrogen-bond acceptors (Lipinski definition) is 6. The maximum Gasteiger partial charge on any atom is 0.335 e. The average molecular weight is 627 g/mol. The number of benzene rings is 4. The summed E-state index contributed by atoms with van der Waals surface area (Å²) in [6, 6.07) is 28.5. The van der Waals surface area contributed by atoms with Gasteiger partial charge in [0.1, 0.15) is 24.5 Å². The Labute approximate surface area is 251 Å². The molecule has 1 saturated heterocycles. The molecule has 0 atom stereocenters. The Bertz CT molecular complexity index is 1620. The van der Waals surface area contributed by atoms with Crippen molar-refractivity contribution in [3.63, 3.8) is 0 Å². The molecule has 1 aliphatic heterocycles. The molecular formula is C33H27BrN2O6. The highest BCUT2D eigenvalue weighted by Gasteiger charge is 2.37. The second kappa shape index (κ2) is 13.2. The van der Waals surface area contributed by atoms with Gasteiger partial charge in [-0.15, -0.1) is 0 Å². The Morgan fingerprint density at radius 2 is 1.40 bits per heavy atom. The highest BCUT2D eigenvalue weighted by Crippen LogP contribution is 2.38. The number of rotatable bonds is 10. The molecule has 0 aliphatic carbocycles. The number of barbiturate groups is 1. The number of urea groups is 1. The fraction of sp³-hybridized carbons (Fsp3) is 0.121. The third kappa shape index (κ3) is 6.70. The van der Waals surface area contributed by atoms with Crippen molar-refractivity contribution in [2.24, 2.45) is 0 Å². The van der Waals surface area contributed by atoms with E-state index in [2.05, 4.69) is 21.2 Å². The molecule has 0 unspecified atom stereocenters. The monoisotopic (exact) mass is 626 g/mol. The second-order valence-corrected chi connectivity index (χ2v) is 10.1. The van der Waals surface area contributed by atoms with Crippen LogP contribution in [0.1, 0.15) is 23.6 Å². The minimum Gasteiger partial charge on any atom is -0.490 e. The number of imide groups is 2. The maximum absolute atomic E-state index is 13.4. The number of carbonyl (C=O) groups is 3. The molecule has 0 aromatic heterocycles. The van der Waals surface area contributed by atoms with Crippen LogP contribution in [0, 0.1) is 0 Å². The Kier molecular flexibility index (Phi) is 8.99. The smallest absolute Gasteiger partial charge is 0.335 e. The van der Waals surface area contributed by atoms with Crippen LogP contribution in [0.2, 0.25) is 0 Å². The zero-order valence-corrected chi connectivity index (χ0v) is 24.3. The van der Waals surface area contributed by atoms with E-state index < -0.39 is 17.8 Å². The largest absolute Gasteiger partial charge is 0.490 e. The topological polar surface area (TPSA) is 94.2 Å². The molecule has 42 heavy (non-hydrogen) atoms. The lowest BCUT2D eigenvalue weighted by Gasteiger charge is -2.26. The number of halogens is 1. The van der Waals surface area contributed by atoms with E-state index in [1.165, 1.54) is 6.08 Å². The fourth-order valence-corrected chi connectivity index (χ4v) is 4.87. The van der Waals surface area contributed by atoms with E-state index in [1.54, 1.807) is 36.4 Å². The molecule has 1 aliphatic rings. The molecule has 4 aromatic carbocycles. The van der Waals surface area contributed by atoms with Gasteiger partial charge in [-0.1, -0.05) is 60.7 Å². The number of nitrogens with one attached hydrogen (secondary N) is 1. The number of amides is 4. The van der Waals surface area contributed by atoms with Gasteiger partial charge in [0.15, 0.2) is 11.5 Å². The van der Waals surface area contributed by atoms with Gasteiger partial charge < -0.3 is 14.2 Å². The van der Waals surface area contributed by atoms with Gasteiger partial charge in [0, 0.05) is 0 Å². The fourth-order valence-electron chi connectivity index (χ4n) is 4.29. The van der Waals surface area contributed by atoms with Gasteiger partial charge in [-0.05, 0) is 82.0 Å². The molecule has 0 radical (unpaired) electrons. The molecule has 0 bridgehead atoms. The lowest BCUT2D eigenvalue weighted by Crippen LogP contribution is -2.54. The van der Waals surface area contributed by atoms with E-state index in [0.717, 1.165) is 16.0 Å². The minimum absolute atomic E-state index is 0.202. The first kappa shape index (κ1) is 28.6. The molecule has 4 aromatic rings. The summed E-state index contributed by atoms with van der Waals surface area (Å²) in [6.07, 6.45) is 1.42. The van der Waals surface area contributed by atoms with E-state index in [-0.39, 0.29) is 5.57 Å². The number of nitrogens with zero attached hydrogens (tertiary/aromatic N) is 1. The lowest BCUT2D eigenvalue weighted by molar-refractivity contribution is -0.122. The molecule has 212 valence electrons. The van der Waals surface area contributed by atoms with Crippen LogP contribution in [0.5, 0.6) is 17.2 Å². The molecule has 1 heterocycles. The number of hydrogen-bond donors (Lipinski definition) is 1. The van der Waals surface area contributed by atoms with Crippen LogP contribution < -0.4 is 24.4 Å². The highest BCUT2D eigenvalue weighted by atomic mass is 79.9. The quantitative estimate of drug-likeness (QED) is 0.156. The molecule has 1 fully saturated rings. The minimum atomic E-state index is -0.832. The van der Waals surface area contributed by atoms with E-state index in [1.807, 2.05) is 67.6 Å². The molecule has 9 heteroatoms. The second-order valence-electron chi connectivity index (χ2n) is 9.26.